The maximum absolute atomic E-state index is 12.7. The Bertz CT molecular complexity index is 1150. The van der Waals surface area contributed by atoms with Gasteiger partial charge in [0.1, 0.15) is 0 Å². The smallest absolute Gasteiger partial charge is 0.336 e. The van der Waals surface area contributed by atoms with Gasteiger partial charge in [0.05, 0.1) is 22.9 Å². The average molecular weight is 455 g/mol. The SMILES string of the molecule is O=C(NC(Cc1ccccc1Cl)[C@@H](O)C(=O)O)c1ccc(-c2ccccc2C(=O)O)nc1. The topological polar surface area (TPSA) is 137 Å². The molecule has 8 nitrogen and oxygen atoms in total. The van der Waals surface area contributed by atoms with Crippen LogP contribution in [0.4, 0.5) is 0 Å². The molecule has 1 amide bonds. The Labute approximate surface area is 188 Å². The molecule has 0 saturated heterocycles. The molecule has 3 rings (SSSR count). The highest BCUT2D eigenvalue weighted by Crippen LogP contribution is 2.22. The van der Waals surface area contributed by atoms with E-state index >= 15 is 0 Å². The van der Waals surface area contributed by atoms with Crippen molar-refractivity contribution in [3.05, 3.63) is 88.6 Å². The van der Waals surface area contributed by atoms with Gasteiger partial charge in [0.15, 0.2) is 6.10 Å². The molecule has 164 valence electrons. The van der Waals surface area contributed by atoms with Crippen molar-refractivity contribution in [1.82, 2.24) is 10.3 Å². The summed E-state index contributed by atoms with van der Waals surface area (Å²) in [5, 5.41) is 31.5. The Hall–Kier alpha value is -3.75. The first-order chi connectivity index (χ1) is 15.3. The molecule has 0 spiro atoms. The quantitative estimate of drug-likeness (QED) is 0.410. The van der Waals surface area contributed by atoms with Crippen molar-refractivity contribution in [2.45, 2.75) is 18.6 Å². The van der Waals surface area contributed by atoms with Gasteiger partial charge in [-0.2, -0.15) is 0 Å². The number of carboxylic acid groups (broad SMARTS) is 2. The molecule has 1 heterocycles. The number of pyridine rings is 1. The number of aromatic nitrogens is 1. The number of aliphatic hydroxyl groups is 1. The van der Waals surface area contributed by atoms with Gasteiger partial charge in [-0.1, -0.05) is 48.0 Å². The van der Waals surface area contributed by atoms with E-state index in [4.69, 9.17) is 11.6 Å². The molecule has 0 fully saturated rings. The molecular weight excluding hydrogens is 436 g/mol. The van der Waals surface area contributed by atoms with Gasteiger partial charge in [0.2, 0.25) is 0 Å². The highest BCUT2D eigenvalue weighted by Gasteiger charge is 2.28. The molecule has 0 aliphatic rings. The number of aromatic carboxylic acids is 1. The molecule has 32 heavy (non-hydrogen) atoms. The number of aliphatic hydroxyl groups excluding tert-OH is 1. The Kier molecular flexibility index (Phi) is 7.19. The predicted molar refractivity (Wildman–Crippen MR) is 117 cm³/mol. The van der Waals surface area contributed by atoms with E-state index in [1.54, 1.807) is 42.5 Å². The van der Waals surface area contributed by atoms with E-state index < -0.39 is 30.0 Å². The number of amides is 1. The molecule has 4 N–H and O–H groups in total. The minimum absolute atomic E-state index is 0.00359. The van der Waals surface area contributed by atoms with E-state index in [9.17, 15) is 29.7 Å². The van der Waals surface area contributed by atoms with Crippen LogP contribution in [0.5, 0.6) is 0 Å². The van der Waals surface area contributed by atoms with Gasteiger partial charge in [-0.05, 0) is 36.2 Å². The summed E-state index contributed by atoms with van der Waals surface area (Å²) in [4.78, 5) is 39.6. The second-order valence-corrected chi connectivity index (χ2v) is 7.35. The lowest BCUT2D eigenvalue weighted by atomic mass is 10.0. The summed E-state index contributed by atoms with van der Waals surface area (Å²) >= 11 is 6.12. The van der Waals surface area contributed by atoms with E-state index in [0.29, 0.717) is 21.8 Å². The molecule has 9 heteroatoms. The molecule has 2 aromatic carbocycles. The third-order valence-corrected chi connectivity index (χ3v) is 5.18. The Morgan fingerprint density at radius 2 is 1.66 bits per heavy atom. The molecule has 0 saturated carbocycles. The number of carbonyl (C=O) groups excluding carboxylic acids is 1. The summed E-state index contributed by atoms with van der Waals surface area (Å²) in [6.07, 6.45) is -0.607. The Morgan fingerprint density at radius 1 is 0.969 bits per heavy atom. The van der Waals surface area contributed by atoms with E-state index in [-0.39, 0.29) is 17.5 Å². The first-order valence-corrected chi connectivity index (χ1v) is 9.89. The number of hydrogen-bond donors (Lipinski definition) is 4. The number of nitrogens with one attached hydrogen (secondary N) is 1. The Morgan fingerprint density at radius 3 is 2.28 bits per heavy atom. The van der Waals surface area contributed by atoms with Crippen LogP contribution in [0, 0.1) is 0 Å². The maximum Gasteiger partial charge on any atom is 0.336 e. The normalized spacial score (nSPS) is 12.6. The van der Waals surface area contributed by atoms with Crippen molar-refractivity contribution in [1.29, 1.82) is 0 Å². The van der Waals surface area contributed by atoms with Crippen molar-refractivity contribution in [3.8, 4) is 11.3 Å². The van der Waals surface area contributed by atoms with Crippen molar-refractivity contribution in [2.75, 3.05) is 0 Å². The molecule has 0 aliphatic heterocycles. The van der Waals surface area contributed by atoms with Crippen molar-refractivity contribution < 1.29 is 29.7 Å². The molecule has 0 bridgehead atoms. The van der Waals surface area contributed by atoms with Gasteiger partial charge >= 0.3 is 11.9 Å². The fourth-order valence-electron chi connectivity index (χ4n) is 3.15. The van der Waals surface area contributed by atoms with Crippen molar-refractivity contribution in [2.24, 2.45) is 0 Å². The van der Waals surface area contributed by atoms with Crippen LogP contribution >= 0.6 is 11.6 Å². The van der Waals surface area contributed by atoms with Crippen LogP contribution in [-0.2, 0) is 11.2 Å². The van der Waals surface area contributed by atoms with Gasteiger partial charge in [0, 0.05) is 16.8 Å². The van der Waals surface area contributed by atoms with E-state index in [2.05, 4.69) is 10.3 Å². The molecular formula is C23H19ClN2O6. The number of nitrogens with zero attached hydrogens (tertiary/aromatic N) is 1. The van der Waals surface area contributed by atoms with Crippen LogP contribution in [0.1, 0.15) is 26.3 Å². The summed E-state index contributed by atoms with van der Waals surface area (Å²) in [5.41, 5.74) is 1.51. The number of halogens is 1. The lowest BCUT2D eigenvalue weighted by Crippen LogP contribution is -2.48. The van der Waals surface area contributed by atoms with E-state index in [0.717, 1.165) is 0 Å². The summed E-state index contributed by atoms with van der Waals surface area (Å²) in [5.74, 6) is -3.23. The first-order valence-electron chi connectivity index (χ1n) is 9.52. The first kappa shape index (κ1) is 22.9. The minimum Gasteiger partial charge on any atom is -0.479 e. The predicted octanol–water partition coefficient (Wildman–Crippen LogP) is 2.89. The van der Waals surface area contributed by atoms with Crippen LogP contribution in [0.25, 0.3) is 11.3 Å². The lowest BCUT2D eigenvalue weighted by molar-refractivity contribution is -0.148. The van der Waals surface area contributed by atoms with E-state index in [1.165, 1.54) is 24.4 Å². The maximum atomic E-state index is 12.7. The summed E-state index contributed by atoms with van der Waals surface area (Å²) in [7, 11) is 0. The molecule has 0 radical (unpaired) electrons. The van der Waals surface area contributed by atoms with Gasteiger partial charge in [0.25, 0.3) is 5.91 Å². The van der Waals surface area contributed by atoms with E-state index in [1.807, 2.05) is 0 Å². The van der Waals surface area contributed by atoms with Crippen molar-refractivity contribution >= 4 is 29.4 Å². The van der Waals surface area contributed by atoms with Crippen LogP contribution in [0.15, 0.2) is 66.9 Å². The number of hydrogen-bond acceptors (Lipinski definition) is 5. The lowest BCUT2D eigenvalue weighted by Gasteiger charge is -2.22. The van der Waals surface area contributed by atoms with Gasteiger partial charge in [-0.15, -0.1) is 0 Å². The summed E-state index contributed by atoms with van der Waals surface area (Å²) in [6.45, 7) is 0. The Balaban J connectivity index is 1.81. The fraction of sp³-hybridized carbons (Fsp3) is 0.130. The number of aliphatic carboxylic acids is 1. The van der Waals surface area contributed by atoms with Gasteiger partial charge < -0.3 is 20.6 Å². The third kappa shape index (κ3) is 5.29. The zero-order chi connectivity index (χ0) is 23.3. The number of carbonyl (C=O) groups is 3. The minimum atomic E-state index is -1.86. The zero-order valence-electron chi connectivity index (χ0n) is 16.6. The van der Waals surface area contributed by atoms with Crippen LogP contribution in [0.3, 0.4) is 0 Å². The third-order valence-electron chi connectivity index (χ3n) is 4.81. The van der Waals surface area contributed by atoms with Crippen molar-refractivity contribution in [3.63, 3.8) is 0 Å². The second-order valence-electron chi connectivity index (χ2n) is 6.94. The molecule has 1 unspecified atom stereocenters. The number of rotatable bonds is 8. The molecule has 3 aromatic rings. The summed E-state index contributed by atoms with van der Waals surface area (Å²) < 4.78 is 0. The second kappa shape index (κ2) is 10.0. The summed E-state index contributed by atoms with van der Waals surface area (Å²) in [6, 6.07) is 14.8. The highest BCUT2D eigenvalue weighted by molar-refractivity contribution is 6.31. The fourth-order valence-corrected chi connectivity index (χ4v) is 3.36. The number of carboxylic acids is 2. The monoisotopic (exact) mass is 454 g/mol. The number of benzene rings is 2. The van der Waals surface area contributed by atoms with Crippen LogP contribution in [0.2, 0.25) is 5.02 Å². The molecule has 2 atom stereocenters. The van der Waals surface area contributed by atoms with Crippen LogP contribution in [-0.4, -0.2) is 50.3 Å². The average Bonchev–Trinajstić information content (AvgIpc) is 2.79. The standard InChI is InChI=1S/C23H19ClN2O6/c24-17-8-4-1-5-13(17)11-19(20(27)23(31)32)26-21(28)14-9-10-18(25-12-14)15-6-2-3-7-16(15)22(29)30/h1-10,12,19-20,27H,11H2,(H,26,28)(H,29,30)(H,31,32)/t19?,20-/m1/s1. The highest BCUT2D eigenvalue weighted by atomic mass is 35.5. The molecule has 1 aromatic heterocycles. The van der Waals surface area contributed by atoms with Gasteiger partial charge in [-0.25, -0.2) is 9.59 Å². The molecule has 0 aliphatic carbocycles. The van der Waals surface area contributed by atoms with Gasteiger partial charge in [-0.3, -0.25) is 9.78 Å². The van der Waals surface area contributed by atoms with Crippen LogP contribution < -0.4 is 5.32 Å². The largest absolute Gasteiger partial charge is 0.479 e. The zero-order valence-corrected chi connectivity index (χ0v) is 17.4.